The Morgan fingerprint density at radius 3 is 2.42 bits per heavy atom. The van der Waals surface area contributed by atoms with Crippen LogP contribution in [0.25, 0.3) is 0 Å². The van der Waals surface area contributed by atoms with Gasteiger partial charge in [0.2, 0.25) is 0 Å². The molecule has 4 heteroatoms. The third-order valence-corrected chi connectivity index (χ3v) is 3.01. The van der Waals surface area contributed by atoms with E-state index < -0.39 is 5.60 Å². The summed E-state index contributed by atoms with van der Waals surface area (Å²) in [7, 11) is 1.51. The average molecular weight is 269 g/mol. The van der Waals surface area contributed by atoms with Gasteiger partial charge in [0, 0.05) is 11.1 Å². The maximum atomic E-state index is 13.3. The van der Waals surface area contributed by atoms with Gasteiger partial charge < -0.3 is 15.2 Å². The van der Waals surface area contributed by atoms with Gasteiger partial charge in [-0.2, -0.15) is 0 Å². The van der Waals surface area contributed by atoms with Gasteiger partial charge in [-0.05, 0) is 58.9 Å². The van der Waals surface area contributed by atoms with Gasteiger partial charge in [0.05, 0.1) is 12.7 Å². The van der Waals surface area contributed by atoms with E-state index in [-0.39, 0.29) is 11.4 Å². The summed E-state index contributed by atoms with van der Waals surface area (Å²) in [6.45, 7) is 8.49. The number of halogens is 1. The van der Waals surface area contributed by atoms with Crippen LogP contribution in [-0.4, -0.2) is 24.3 Å². The van der Waals surface area contributed by atoms with E-state index in [0.717, 1.165) is 0 Å². The van der Waals surface area contributed by atoms with Crippen molar-refractivity contribution in [1.29, 1.82) is 0 Å². The maximum absolute atomic E-state index is 13.3. The highest BCUT2D eigenvalue weighted by Crippen LogP contribution is 2.32. The summed E-state index contributed by atoms with van der Waals surface area (Å²) in [6.07, 6.45) is 0.476. The smallest absolute Gasteiger partial charge is 0.125 e. The van der Waals surface area contributed by atoms with Crippen molar-refractivity contribution in [2.45, 2.75) is 45.3 Å². The topological polar surface area (TPSA) is 41.5 Å². The highest BCUT2D eigenvalue weighted by atomic mass is 19.1. The normalized spacial score (nSPS) is 15.1. The van der Waals surface area contributed by atoms with Crippen molar-refractivity contribution in [1.82, 2.24) is 5.32 Å². The van der Waals surface area contributed by atoms with E-state index in [1.54, 1.807) is 6.92 Å². The van der Waals surface area contributed by atoms with E-state index in [4.69, 9.17) is 4.74 Å². The number of aliphatic hydroxyl groups is 1. The molecule has 1 rings (SSSR count). The molecule has 0 saturated heterocycles. The van der Waals surface area contributed by atoms with Crippen molar-refractivity contribution in [3.05, 3.63) is 29.6 Å². The van der Waals surface area contributed by atoms with Crippen LogP contribution in [0.4, 0.5) is 4.39 Å². The first-order chi connectivity index (χ1) is 8.65. The SMILES string of the molecule is COc1ccc(F)cc1C(C)(O)CCNC(C)(C)C. The Labute approximate surface area is 114 Å². The summed E-state index contributed by atoms with van der Waals surface area (Å²) in [4.78, 5) is 0. The van der Waals surface area contributed by atoms with E-state index in [1.165, 1.54) is 25.3 Å². The summed E-state index contributed by atoms with van der Waals surface area (Å²) in [5.41, 5.74) is -0.668. The minimum Gasteiger partial charge on any atom is -0.496 e. The second-order valence-electron chi connectivity index (χ2n) is 6.05. The number of methoxy groups -OCH3 is 1. The molecule has 0 heterocycles. The van der Waals surface area contributed by atoms with E-state index in [9.17, 15) is 9.50 Å². The third kappa shape index (κ3) is 4.80. The monoisotopic (exact) mass is 269 g/mol. The second kappa shape index (κ2) is 5.88. The van der Waals surface area contributed by atoms with Crippen molar-refractivity contribution in [2.75, 3.05) is 13.7 Å². The van der Waals surface area contributed by atoms with Crippen LogP contribution in [0, 0.1) is 5.82 Å². The molecule has 2 N–H and O–H groups in total. The molecule has 0 bridgehead atoms. The van der Waals surface area contributed by atoms with Crippen molar-refractivity contribution < 1.29 is 14.2 Å². The van der Waals surface area contributed by atoms with E-state index >= 15 is 0 Å². The third-order valence-electron chi connectivity index (χ3n) is 3.01. The zero-order valence-corrected chi connectivity index (χ0v) is 12.4. The van der Waals surface area contributed by atoms with Gasteiger partial charge in [0.15, 0.2) is 0 Å². The molecule has 0 aliphatic heterocycles. The van der Waals surface area contributed by atoms with Gasteiger partial charge in [-0.3, -0.25) is 0 Å². The number of rotatable bonds is 5. The Morgan fingerprint density at radius 2 is 1.89 bits per heavy atom. The van der Waals surface area contributed by atoms with Crippen molar-refractivity contribution in [3.63, 3.8) is 0 Å². The highest BCUT2D eigenvalue weighted by molar-refractivity contribution is 5.38. The molecule has 1 atom stereocenters. The van der Waals surface area contributed by atoms with Gasteiger partial charge >= 0.3 is 0 Å². The van der Waals surface area contributed by atoms with E-state index in [2.05, 4.69) is 26.1 Å². The molecule has 0 aliphatic carbocycles. The molecule has 3 nitrogen and oxygen atoms in total. The van der Waals surface area contributed by atoms with Gasteiger partial charge in [0.1, 0.15) is 11.6 Å². The molecule has 0 aliphatic rings. The number of nitrogens with one attached hydrogen (secondary N) is 1. The number of hydrogen-bond donors (Lipinski definition) is 2. The van der Waals surface area contributed by atoms with E-state index in [1.807, 2.05) is 0 Å². The summed E-state index contributed by atoms with van der Waals surface area (Å²) in [5, 5.41) is 13.8. The first kappa shape index (κ1) is 15.9. The van der Waals surface area contributed by atoms with Crippen LogP contribution in [-0.2, 0) is 5.60 Å². The van der Waals surface area contributed by atoms with Gasteiger partial charge in [0.25, 0.3) is 0 Å². The first-order valence-corrected chi connectivity index (χ1v) is 6.47. The molecule has 0 spiro atoms. The Kier molecular flexibility index (Phi) is 4.93. The molecule has 108 valence electrons. The number of hydrogen-bond acceptors (Lipinski definition) is 3. The lowest BCUT2D eigenvalue weighted by Gasteiger charge is -2.28. The predicted octanol–water partition coefficient (Wildman–Crippen LogP) is 2.82. The van der Waals surface area contributed by atoms with Crippen LogP contribution in [0.2, 0.25) is 0 Å². The predicted molar refractivity (Wildman–Crippen MR) is 74.9 cm³/mol. The summed E-state index contributed by atoms with van der Waals surface area (Å²) >= 11 is 0. The van der Waals surface area contributed by atoms with Crippen molar-refractivity contribution in [2.24, 2.45) is 0 Å². The zero-order valence-electron chi connectivity index (χ0n) is 12.4. The zero-order chi connectivity index (χ0) is 14.7. The molecule has 1 aromatic rings. The molecule has 19 heavy (non-hydrogen) atoms. The minimum absolute atomic E-state index is 0.0118. The second-order valence-corrected chi connectivity index (χ2v) is 6.05. The molecule has 0 fully saturated rings. The van der Waals surface area contributed by atoms with Gasteiger partial charge in [-0.15, -0.1) is 0 Å². The Hall–Kier alpha value is -1.13. The van der Waals surface area contributed by atoms with Gasteiger partial charge in [-0.1, -0.05) is 0 Å². The lowest BCUT2D eigenvalue weighted by Crippen LogP contribution is -2.39. The number of ether oxygens (including phenoxy) is 1. The van der Waals surface area contributed by atoms with E-state index in [0.29, 0.717) is 24.3 Å². The van der Waals surface area contributed by atoms with Crippen LogP contribution in [0.3, 0.4) is 0 Å². The van der Waals surface area contributed by atoms with Gasteiger partial charge in [-0.25, -0.2) is 4.39 Å². The van der Waals surface area contributed by atoms with Crippen molar-refractivity contribution in [3.8, 4) is 5.75 Å². The first-order valence-electron chi connectivity index (χ1n) is 6.47. The standard InChI is InChI=1S/C15H24FNO2/c1-14(2,3)17-9-8-15(4,18)12-10-11(16)6-7-13(12)19-5/h6-7,10,17-18H,8-9H2,1-5H3. The molecular weight excluding hydrogens is 245 g/mol. The molecule has 0 aromatic heterocycles. The molecular formula is C15H24FNO2. The summed E-state index contributed by atoms with van der Waals surface area (Å²) < 4.78 is 18.5. The fraction of sp³-hybridized carbons (Fsp3) is 0.600. The Bertz CT molecular complexity index is 425. The maximum Gasteiger partial charge on any atom is 0.125 e. The lowest BCUT2D eigenvalue weighted by molar-refractivity contribution is 0.0436. The highest BCUT2D eigenvalue weighted by Gasteiger charge is 2.27. The quantitative estimate of drug-likeness (QED) is 0.863. The molecule has 0 amide bonds. The Balaban J connectivity index is 2.84. The summed E-state index contributed by atoms with van der Waals surface area (Å²) in [6, 6.07) is 4.19. The van der Waals surface area contributed by atoms with Crippen LogP contribution in [0.5, 0.6) is 5.75 Å². The van der Waals surface area contributed by atoms with Crippen LogP contribution in [0.15, 0.2) is 18.2 Å². The molecule has 1 aromatic carbocycles. The average Bonchev–Trinajstić information content (AvgIpc) is 2.27. The Morgan fingerprint density at radius 1 is 1.26 bits per heavy atom. The molecule has 0 saturated carbocycles. The van der Waals surface area contributed by atoms with Crippen LogP contribution in [0.1, 0.15) is 39.7 Å². The van der Waals surface area contributed by atoms with Crippen LogP contribution >= 0.6 is 0 Å². The fourth-order valence-corrected chi connectivity index (χ4v) is 1.92. The summed E-state index contributed by atoms with van der Waals surface area (Å²) in [5.74, 6) is 0.127. The van der Waals surface area contributed by atoms with Crippen molar-refractivity contribution >= 4 is 0 Å². The number of benzene rings is 1. The fourth-order valence-electron chi connectivity index (χ4n) is 1.92. The minimum atomic E-state index is -1.13. The van der Waals surface area contributed by atoms with Crippen LogP contribution < -0.4 is 10.1 Å². The molecule has 1 unspecified atom stereocenters. The largest absolute Gasteiger partial charge is 0.496 e. The molecule has 0 radical (unpaired) electrons. The lowest BCUT2D eigenvalue weighted by atomic mass is 9.91.